The highest BCUT2D eigenvalue weighted by atomic mass is 16.6. The molecule has 3 N–H and O–H groups in total. The summed E-state index contributed by atoms with van der Waals surface area (Å²) in [7, 11) is 0. The third kappa shape index (κ3) is 4.34. The number of carbonyl (C=O) groups excluding carboxylic acids is 2. The Kier molecular flexibility index (Phi) is 5.77. The van der Waals surface area contributed by atoms with Crippen LogP contribution in [0.3, 0.4) is 0 Å². The number of benzene rings is 2. The maximum atomic E-state index is 13.1. The smallest absolute Gasteiger partial charge is 0.319 e. The summed E-state index contributed by atoms with van der Waals surface area (Å²) in [4.78, 5) is 35.4. The van der Waals surface area contributed by atoms with Crippen LogP contribution in [-0.2, 0) is 4.79 Å². The lowest BCUT2D eigenvalue weighted by Crippen LogP contribution is -2.46. The molecule has 0 radical (unpaired) electrons. The van der Waals surface area contributed by atoms with Crippen molar-refractivity contribution in [1.29, 1.82) is 0 Å². The van der Waals surface area contributed by atoms with E-state index in [1.165, 1.54) is 24.3 Å². The van der Waals surface area contributed by atoms with Crippen molar-refractivity contribution in [3.05, 3.63) is 75.5 Å². The Morgan fingerprint density at radius 3 is 2.55 bits per heavy atom. The number of amides is 3. The molecule has 0 bridgehead atoms. The van der Waals surface area contributed by atoms with Crippen molar-refractivity contribution in [2.24, 2.45) is 0 Å². The van der Waals surface area contributed by atoms with Gasteiger partial charge in [-0.2, -0.15) is 0 Å². The summed E-state index contributed by atoms with van der Waals surface area (Å²) in [6.07, 6.45) is 0. The van der Waals surface area contributed by atoms with Crippen LogP contribution < -0.4 is 20.7 Å². The van der Waals surface area contributed by atoms with Gasteiger partial charge in [0.15, 0.2) is 0 Å². The number of nitrogens with zero attached hydrogens (tertiary/aromatic N) is 1. The zero-order valence-electron chi connectivity index (χ0n) is 15.9. The topological polar surface area (TPSA) is 123 Å². The molecule has 3 rings (SSSR count). The van der Waals surface area contributed by atoms with Crippen LogP contribution in [0.15, 0.2) is 59.8 Å². The number of ether oxygens (including phenoxy) is 1. The summed E-state index contributed by atoms with van der Waals surface area (Å²) in [5.74, 6) is 0.104. The molecule has 9 nitrogen and oxygen atoms in total. The first-order chi connectivity index (χ1) is 13.9. The minimum Gasteiger partial charge on any atom is -0.492 e. The zero-order chi connectivity index (χ0) is 21.0. The molecular formula is C20H20N4O5. The SMILES string of the molecule is CCOc1ccccc1NC(=O)C1=C(C)NC(=O)N[C@H]1c1ccc([N+](=O)[O-])cc1. The van der Waals surface area contributed by atoms with Gasteiger partial charge in [-0.15, -0.1) is 0 Å². The molecule has 0 saturated carbocycles. The number of carbonyl (C=O) groups is 2. The molecule has 1 atom stereocenters. The fraction of sp³-hybridized carbons (Fsp3) is 0.200. The van der Waals surface area contributed by atoms with E-state index >= 15 is 0 Å². The molecule has 0 spiro atoms. The normalized spacial score (nSPS) is 15.9. The van der Waals surface area contributed by atoms with E-state index in [-0.39, 0.29) is 5.69 Å². The fourth-order valence-electron chi connectivity index (χ4n) is 3.07. The van der Waals surface area contributed by atoms with Crippen LogP contribution in [0, 0.1) is 10.1 Å². The van der Waals surface area contributed by atoms with E-state index in [4.69, 9.17) is 4.74 Å². The Bertz CT molecular complexity index is 985. The molecule has 0 aliphatic carbocycles. The highest BCUT2D eigenvalue weighted by Crippen LogP contribution is 2.30. The number of urea groups is 1. The van der Waals surface area contributed by atoms with E-state index in [0.29, 0.717) is 34.9 Å². The second-order valence-electron chi connectivity index (χ2n) is 6.30. The van der Waals surface area contributed by atoms with Crippen LogP contribution in [0.25, 0.3) is 0 Å². The largest absolute Gasteiger partial charge is 0.492 e. The molecule has 0 fully saturated rings. The number of nitro benzene ring substituents is 1. The Balaban J connectivity index is 1.93. The number of allylic oxidation sites excluding steroid dienone is 1. The molecule has 1 aliphatic rings. The van der Waals surface area contributed by atoms with Crippen LogP contribution in [0.5, 0.6) is 5.75 Å². The highest BCUT2D eigenvalue weighted by Gasteiger charge is 2.31. The molecule has 2 aromatic carbocycles. The van der Waals surface area contributed by atoms with Gasteiger partial charge in [0.25, 0.3) is 11.6 Å². The zero-order valence-corrected chi connectivity index (χ0v) is 15.9. The fourth-order valence-corrected chi connectivity index (χ4v) is 3.07. The maximum absolute atomic E-state index is 13.1. The van der Waals surface area contributed by atoms with E-state index < -0.39 is 22.9 Å². The third-order valence-electron chi connectivity index (χ3n) is 4.39. The molecule has 1 heterocycles. The summed E-state index contributed by atoms with van der Waals surface area (Å²) < 4.78 is 5.54. The lowest BCUT2D eigenvalue weighted by molar-refractivity contribution is -0.384. The number of nitrogens with one attached hydrogen (secondary N) is 3. The van der Waals surface area contributed by atoms with Crippen molar-refractivity contribution in [3.63, 3.8) is 0 Å². The summed E-state index contributed by atoms with van der Waals surface area (Å²) in [6, 6.07) is 11.5. The lowest BCUT2D eigenvalue weighted by Gasteiger charge is -2.28. The lowest BCUT2D eigenvalue weighted by atomic mass is 9.94. The number of anilines is 1. The number of non-ortho nitro benzene ring substituents is 1. The van der Waals surface area contributed by atoms with E-state index in [9.17, 15) is 19.7 Å². The number of para-hydroxylation sites is 2. The molecule has 3 amide bonds. The average molecular weight is 396 g/mol. The number of rotatable bonds is 6. The second kappa shape index (κ2) is 8.42. The van der Waals surface area contributed by atoms with E-state index in [1.54, 1.807) is 31.2 Å². The van der Waals surface area contributed by atoms with Gasteiger partial charge in [0, 0.05) is 17.8 Å². The van der Waals surface area contributed by atoms with Gasteiger partial charge in [-0.05, 0) is 43.7 Å². The highest BCUT2D eigenvalue weighted by molar-refractivity contribution is 6.07. The van der Waals surface area contributed by atoms with Gasteiger partial charge < -0.3 is 20.7 Å². The van der Waals surface area contributed by atoms with E-state index in [1.807, 2.05) is 6.92 Å². The van der Waals surface area contributed by atoms with Crippen LogP contribution in [0.4, 0.5) is 16.2 Å². The average Bonchev–Trinajstić information content (AvgIpc) is 2.69. The first-order valence-corrected chi connectivity index (χ1v) is 8.96. The molecule has 9 heteroatoms. The predicted molar refractivity (Wildman–Crippen MR) is 106 cm³/mol. The van der Waals surface area contributed by atoms with Crippen molar-refractivity contribution in [1.82, 2.24) is 10.6 Å². The minimum absolute atomic E-state index is 0.0774. The second-order valence-corrected chi connectivity index (χ2v) is 6.30. The molecular weight excluding hydrogens is 376 g/mol. The van der Waals surface area contributed by atoms with E-state index in [0.717, 1.165) is 0 Å². The molecule has 150 valence electrons. The Hall–Kier alpha value is -3.88. The van der Waals surface area contributed by atoms with Gasteiger partial charge in [0.1, 0.15) is 5.75 Å². The molecule has 0 unspecified atom stereocenters. The van der Waals surface area contributed by atoms with Gasteiger partial charge >= 0.3 is 6.03 Å². The number of nitro groups is 1. The molecule has 0 saturated heterocycles. The van der Waals surface area contributed by atoms with Crippen molar-refractivity contribution in [3.8, 4) is 5.75 Å². The van der Waals surface area contributed by atoms with Crippen molar-refractivity contribution < 1.29 is 19.2 Å². The summed E-state index contributed by atoms with van der Waals surface area (Å²) >= 11 is 0. The quantitative estimate of drug-likeness (QED) is 0.511. The third-order valence-corrected chi connectivity index (χ3v) is 4.39. The minimum atomic E-state index is -0.760. The Morgan fingerprint density at radius 1 is 1.21 bits per heavy atom. The molecule has 1 aliphatic heterocycles. The van der Waals surface area contributed by atoms with Crippen LogP contribution in [-0.4, -0.2) is 23.5 Å². The predicted octanol–water partition coefficient (Wildman–Crippen LogP) is 3.26. The Labute approximate surface area is 166 Å². The first kappa shape index (κ1) is 19.9. The maximum Gasteiger partial charge on any atom is 0.319 e. The van der Waals surface area contributed by atoms with Gasteiger partial charge in [-0.25, -0.2) is 4.79 Å². The summed E-state index contributed by atoms with van der Waals surface area (Å²) in [5.41, 5.74) is 1.66. The number of hydrogen-bond acceptors (Lipinski definition) is 5. The standard InChI is InChI=1S/C20H20N4O5/c1-3-29-16-7-5-4-6-15(16)22-19(25)17-12(2)21-20(26)23-18(17)13-8-10-14(11-9-13)24(27)28/h4-11,18H,3H2,1-2H3,(H,22,25)(H2,21,23,26)/t18-/m0/s1. The van der Waals surface area contributed by atoms with Crippen LogP contribution >= 0.6 is 0 Å². The van der Waals surface area contributed by atoms with Crippen molar-refractivity contribution >= 4 is 23.3 Å². The van der Waals surface area contributed by atoms with Crippen molar-refractivity contribution in [2.45, 2.75) is 19.9 Å². The van der Waals surface area contributed by atoms with Gasteiger partial charge in [0.05, 0.1) is 28.8 Å². The monoisotopic (exact) mass is 396 g/mol. The summed E-state index contributed by atoms with van der Waals surface area (Å²) in [5, 5.41) is 19.0. The Morgan fingerprint density at radius 2 is 1.90 bits per heavy atom. The number of hydrogen-bond donors (Lipinski definition) is 3. The molecule has 29 heavy (non-hydrogen) atoms. The molecule has 2 aromatic rings. The molecule has 0 aromatic heterocycles. The first-order valence-electron chi connectivity index (χ1n) is 8.96. The van der Waals surface area contributed by atoms with Crippen molar-refractivity contribution in [2.75, 3.05) is 11.9 Å². The summed E-state index contributed by atoms with van der Waals surface area (Å²) in [6.45, 7) is 3.91. The van der Waals surface area contributed by atoms with Gasteiger partial charge in [-0.3, -0.25) is 14.9 Å². The van der Waals surface area contributed by atoms with Gasteiger partial charge in [-0.1, -0.05) is 12.1 Å². The van der Waals surface area contributed by atoms with Crippen LogP contribution in [0.1, 0.15) is 25.5 Å². The van der Waals surface area contributed by atoms with E-state index in [2.05, 4.69) is 16.0 Å². The van der Waals surface area contributed by atoms with Gasteiger partial charge in [0.2, 0.25) is 0 Å². The van der Waals surface area contributed by atoms with Crippen LogP contribution in [0.2, 0.25) is 0 Å².